The van der Waals surface area contributed by atoms with Gasteiger partial charge in [-0.3, -0.25) is 4.79 Å². The number of fused-ring (bicyclic) bond motifs is 2. The summed E-state index contributed by atoms with van der Waals surface area (Å²) in [6.45, 7) is 0.746. The van der Waals surface area contributed by atoms with E-state index >= 15 is 0 Å². The fourth-order valence-electron chi connectivity index (χ4n) is 4.01. The Balaban J connectivity index is 0.00000192. The third kappa shape index (κ3) is 4.88. The minimum Gasteiger partial charge on any atom is -0.355 e. The zero-order valence-electron chi connectivity index (χ0n) is 13.4. The van der Waals surface area contributed by atoms with Crippen LogP contribution >= 0.6 is 24.2 Å². The Bertz CT molecular complexity index is 485. The SMILES string of the molecule is Cl.NC1C2CCCC1CC(C(=O)NCCSc1ccccc1)C2. The molecule has 23 heavy (non-hydrogen) atoms. The molecule has 2 bridgehead atoms. The highest BCUT2D eigenvalue weighted by Gasteiger charge is 2.40. The smallest absolute Gasteiger partial charge is 0.223 e. The van der Waals surface area contributed by atoms with Crippen LogP contribution in [-0.2, 0) is 4.79 Å². The van der Waals surface area contributed by atoms with Crippen molar-refractivity contribution in [2.24, 2.45) is 23.5 Å². The molecule has 2 atom stereocenters. The summed E-state index contributed by atoms with van der Waals surface area (Å²) in [6.07, 6.45) is 5.71. The number of halogens is 1. The highest BCUT2D eigenvalue weighted by molar-refractivity contribution is 7.99. The standard InChI is InChI=1S/C18H26N2OS.ClH/c19-17-13-5-4-6-14(17)12-15(11-13)18(21)20-9-10-22-16-7-2-1-3-8-16;/h1-3,7-8,13-15,17H,4-6,9-12,19H2,(H,20,21);1H. The molecule has 3 rings (SSSR count). The van der Waals surface area contributed by atoms with Crippen LogP contribution in [0.4, 0.5) is 0 Å². The van der Waals surface area contributed by atoms with Gasteiger partial charge in [-0.25, -0.2) is 0 Å². The molecule has 3 nitrogen and oxygen atoms in total. The predicted molar refractivity (Wildman–Crippen MR) is 99.0 cm³/mol. The van der Waals surface area contributed by atoms with Crippen LogP contribution in [0, 0.1) is 17.8 Å². The topological polar surface area (TPSA) is 55.1 Å². The highest BCUT2D eigenvalue weighted by Crippen LogP contribution is 2.41. The lowest BCUT2D eigenvalue weighted by Gasteiger charge is -2.43. The summed E-state index contributed by atoms with van der Waals surface area (Å²) in [4.78, 5) is 13.6. The van der Waals surface area contributed by atoms with Gasteiger partial charge < -0.3 is 11.1 Å². The summed E-state index contributed by atoms with van der Waals surface area (Å²) in [5.41, 5.74) is 6.30. The van der Waals surface area contributed by atoms with Crippen molar-refractivity contribution >= 4 is 30.1 Å². The number of amides is 1. The first kappa shape index (κ1) is 18.6. The number of benzene rings is 1. The molecular formula is C18H27ClN2OS. The first-order chi connectivity index (χ1) is 10.7. The number of nitrogens with two attached hydrogens (primary N) is 1. The molecule has 0 radical (unpaired) electrons. The summed E-state index contributed by atoms with van der Waals surface area (Å²) in [5.74, 6) is 2.51. The van der Waals surface area contributed by atoms with E-state index in [1.165, 1.54) is 24.2 Å². The van der Waals surface area contributed by atoms with Crippen LogP contribution in [0.3, 0.4) is 0 Å². The Hall–Kier alpha value is -0.710. The minimum absolute atomic E-state index is 0. The lowest BCUT2D eigenvalue weighted by Crippen LogP contribution is -2.49. The molecule has 2 aliphatic carbocycles. The van der Waals surface area contributed by atoms with E-state index in [1.807, 2.05) is 18.2 Å². The van der Waals surface area contributed by atoms with Crippen LogP contribution in [0.5, 0.6) is 0 Å². The third-order valence-corrected chi connectivity index (χ3v) is 6.21. The van der Waals surface area contributed by atoms with Gasteiger partial charge in [-0.05, 0) is 49.7 Å². The number of hydrogen-bond acceptors (Lipinski definition) is 3. The van der Waals surface area contributed by atoms with Crippen LogP contribution in [0.15, 0.2) is 35.2 Å². The Morgan fingerprint density at radius 3 is 2.48 bits per heavy atom. The average molecular weight is 355 g/mol. The molecule has 128 valence electrons. The van der Waals surface area contributed by atoms with Crippen molar-refractivity contribution in [2.75, 3.05) is 12.3 Å². The second-order valence-corrected chi connectivity index (χ2v) is 7.82. The van der Waals surface area contributed by atoms with E-state index < -0.39 is 0 Å². The molecule has 2 aliphatic rings. The molecule has 1 amide bonds. The zero-order valence-corrected chi connectivity index (χ0v) is 15.1. The van der Waals surface area contributed by atoms with Crippen molar-refractivity contribution in [1.82, 2.24) is 5.32 Å². The molecule has 0 aromatic heterocycles. The van der Waals surface area contributed by atoms with E-state index in [1.54, 1.807) is 11.8 Å². The second-order valence-electron chi connectivity index (χ2n) is 6.65. The molecule has 0 spiro atoms. The van der Waals surface area contributed by atoms with E-state index in [0.717, 1.165) is 25.1 Å². The maximum absolute atomic E-state index is 12.4. The maximum Gasteiger partial charge on any atom is 0.223 e. The number of rotatable bonds is 5. The lowest BCUT2D eigenvalue weighted by molar-refractivity contribution is -0.127. The molecule has 5 heteroatoms. The van der Waals surface area contributed by atoms with Gasteiger partial charge in [0.2, 0.25) is 5.91 Å². The fourth-order valence-corrected chi connectivity index (χ4v) is 4.80. The van der Waals surface area contributed by atoms with Crippen molar-refractivity contribution in [3.05, 3.63) is 30.3 Å². The number of thioether (sulfide) groups is 1. The van der Waals surface area contributed by atoms with Gasteiger partial charge >= 0.3 is 0 Å². The molecule has 2 unspecified atom stereocenters. The van der Waals surface area contributed by atoms with Crippen LogP contribution in [-0.4, -0.2) is 24.2 Å². The molecule has 2 saturated carbocycles. The Morgan fingerprint density at radius 1 is 1.17 bits per heavy atom. The van der Waals surface area contributed by atoms with Crippen molar-refractivity contribution in [3.63, 3.8) is 0 Å². The summed E-state index contributed by atoms with van der Waals surface area (Å²) < 4.78 is 0. The van der Waals surface area contributed by atoms with Crippen molar-refractivity contribution < 1.29 is 4.79 Å². The van der Waals surface area contributed by atoms with Gasteiger partial charge in [-0.15, -0.1) is 24.2 Å². The second kappa shape index (κ2) is 8.95. The van der Waals surface area contributed by atoms with Crippen LogP contribution < -0.4 is 11.1 Å². The van der Waals surface area contributed by atoms with E-state index in [-0.39, 0.29) is 24.2 Å². The van der Waals surface area contributed by atoms with Crippen molar-refractivity contribution in [3.8, 4) is 0 Å². The van der Waals surface area contributed by atoms with Gasteiger partial charge in [0, 0.05) is 29.2 Å². The summed E-state index contributed by atoms with van der Waals surface area (Å²) >= 11 is 1.79. The third-order valence-electron chi connectivity index (χ3n) is 5.20. The average Bonchev–Trinajstić information content (AvgIpc) is 2.52. The number of hydrogen-bond donors (Lipinski definition) is 2. The first-order valence-corrected chi connectivity index (χ1v) is 9.43. The van der Waals surface area contributed by atoms with Gasteiger partial charge in [-0.1, -0.05) is 24.6 Å². The van der Waals surface area contributed by atoms with Gasteiger partial charge in [0.1, 0.15) is 0 Å². The quantitative estimate of drug-likeness (QED) is 0.628. The molecular weight excluding hydrogens is 328 g/mol. The summed E-state index contributed by atoms with van der Waals surface area (Å²) in [6, 6.07) is 10.7. The lowest BCUT2D eigenvalue weighted by atomic mass is 9.65. The van der Waals surface area contributed by atoms with Crippen LogP contribution in [0.2, 0.25) is 0 Å². The van der Waals surface area contributed by atoms with E-state index in [2.05, 4.69) is 17.4 Å². The molecule has 3 N–H and O–H groups in total. The van der Waals surface area contributed by atoms with Gasteiger partial charge in [0.15, 0.2) is 0 Å². The fraction of sp³-hybridized carbons (Fsp3) is 0.611. The highest BCUT2D eigenvalue weighted by atomic mass is 35.5. The molecule has 0 saturated heterocycles. The Kier molecular flexibility index (Phi) is 7.25. The Labute approximate surface area is 149 Å². The first-order valence-electron chi connectivity index (χ1n) is 8.45. The van der Waals surface area contributed by atoms with E-state index in [4.69, 9.17) is 5.73 Å². The summed E-state index contributed by atoms with van der Waals surface area (Å²) in [5, 5.41) is 3.13. The number of nitrogens with one attached hydrogen (secondary N) is 1. The van der Waals surface area contributed by atoms with Gasteiger partial charge in [0.05, 0.1) is 0 Å². The van der Waals surface area contributed by atoms with Crippen molar-refractivity contribution in [1.29, 1.82) is 0 Å². The largest absolute Gasteiger partial charge is 0.355 e. The van der Waals surface area contributed by atoms with Crippen LogP contribution in [0.1, 0.15) is 32.1 Å². The molecule has 1 aromatic rings. The van der Waals surface area contributed by atoms with Crippen LogP contribution in [0.25, 0.3) is 0 Å². The molecule has 0 aliphatic heterocycles. The molecule has 0 heterocycles. The van der Waals surface area contributed by atoms with Crippen molar-refractivity contribution in [2.45, 2.75) is 43.0 Å². The zero-order chi connectivity index (χ0) is 15.4. The minimum atomic E-state index is 0. The molecule has 2 fully saturated rings. The summed E-state index contributed by atoms with van der Waals surface area (Å²) in [7, 11) is 0. The number of carbonyl (C=O) groups is 1. The van der Waals surface area contributed by atoms with E-state index in [0.29, 0.717) is 17.9 Å². The Morgan fingerprint density at radius 2 is 1.83 bits per heavy atom. The monoisotopic (exact) mass is 354 g/mol. The number of carbonyl (C=O) groups excluding carboxylic acids is 1. The predicted octanol–water partition coefficient (Wildman–Crippen LogP) is 3.47. The van der Waals surface area contributed by atoms with E-state index in [9.17, 15) is 4.79 Å². The molecule has 1 aromatic carbocycles. The van der Waals surface area contributed by atoms with Gasteiger partial charge in [0.25, 0.3) is 0 Å². The maximum atomic E-state index is 12.4. The van der Waals surface area contributed by atoms with Gasteiger partial charge in [-0.2, -0.15) is 0 Å². The normalized spacial score (nSPS) is 29.4.